The van der Waals surface area contributed by atoms with Gasteiger partial charge in [0.15, 0.2) is 0 Å². The van der Waals surface area contributed by atoms with Gasteiger partial charge in [-0.15, -0.1) is 11.8 Å². The number of hydrogen-bond donors (Lipinski definition) is 2. The van der Waals surface area contributed by atoms with Crippen molar-refractivity contribution in [2.24, 2.45) is 0 Å². The zero-order valence-electron chi connectivity index (χ0n) is 8.11. The zero-order valence-corrected chi connectivity index (χ0v) is 8.92. The van der Waals surface area contributed by atoms with Crippen LogP contribution in [0.5, 0.6) is 0 Å². The number of β-amino-alcohol motifs (C(OH)–C–C–N with tert-alkyl or cyclic N) is 1. The summed E-state index contributed by atoms with van der Waals surface area (Å²) in [6, 6.07) is 0. The van der Waals surface area contributed by atoms with E-state index in [2.05, 4.69) is 5.32 Å². The molecule has 1 amide bonds. The molecule has 0 aromatic carbocycles. The van der Waals surface area contributed by atoms with Crippen molar-refractivity contribution in [2.45, 2.75) is 17.8 Å². The quantitative estimate of drug-likeness (QED) is 0.608. The molecule has 0 bridgehead atoms. The molecule has 2 fully saturated rings. The van der Waals surface area contributed by atoms with E-state index in [0.717, 1.165) is 31.8 Å². The number of carbonyl (C=O) groups is 1. The first-order valence-electron chi connectivity index (χ1n) is 5.06. The molecule has 14 heavy (non-hydrogen) atoms. The molecule has 2 atom stereocenters. The molecule has 5 heteroatoms. The number of hydrogen-bond acceptors (Lipinski definition) is 4. The van der Waals surface area contributed by atoms with Crippen LogP contribution in [0.3, 0.4) is 0 Å². The zero-order chi connectivity index (χ0) is 9.97. The van der Waals surface area contributed by atoms with Gasteiger partial charge in [0.05, 0.1) is 11.4 Å². The van der Waals surface area contributed by atoms with Crippen LogP contribution < -0.4 is 5.32 Å². The normalized spacial score (nSPS) is 33.4. The van der Waals surface area contributed by atoms with Crippen molar-refractivity contribution in [3.05, 3.63) is 0 Å². The number of nitrogens with zero attached hydrogens (tertiary/aromatic N) is 1. The highest BCUT2D eigenvalue weighted by atomic mass is 32.2. The maximum Gasteiger partial charge on any atom is 0.237 e. The second kappa shape index (κ2) is 4.51. The number of carbonyl (C=O) groups excluding carboxylic acids is 1. The van der Waals surface area contributed by atoms with Crippen LogP contribution in [0.15, 0.2) is 0 Å². The van der Waals surface area contributed by atoms with Crippen LogP contribution in [0.2, 0.25) is 0 Å². The molecular weight excluding hydrogens is 200 g/mol. The summed E-state index contributed by atoms with van der Waals surface area (Å²) in [5.41, 5.74) is 0. The number of amides is 1. The van der Waals surface area contributed by atoms with Gasteiger partial charge in [-0.25, -0.2) is 0 Å². The number of aliphatic hydroxyl groups is 1. The summed E-state index contributed by atoms with van der Waals surface area (Å²) >= 11 is 1.72. The summed E-state index contributed by atoms with van der Waals surface area (Å²) in [5, 5.41) is 12.6. The molecule has 2 aliphatic heterocycles. The molecule has 0 spiro atoms. The number of nitrogens with one attached hydrogen (secondary N) is 1. The first kappa shape index (κ1) is 10.3. The minimum atomic E-state index is -0.305. The van der Waals surface area contributed by atoms with Crippen LogP contribution in [0.25, 0.3) is 0 Å². The summed E-state index contributed by atoms with van der Waals surface area (Å²) in [5.74, 6) is 1.20. The summed E-state index contributed by atoms with van der Waals surface area (Å²) < 4.78 is 0. The molecule has 1 unspecified atom stereocenters. The molecule has 2 rings (SSSR count). The second-order valence-electron chi connectivity index (χ2n) is 3.79. The van der Waals surface area contributed by atoms with Crippen LogP contribution in [0.4, 0.5) is 0 Å². The molecule has 0 saturated carbocycles. The van der Waals surface area contributed by atoms with Crippen molar-refractivity contribution in [1.29, 1.82) is 0 Å². The van der Waals surface area contributed by atoms with Crippen LogP contribution in [0, 0.1) is 0 Å². The average Bonchev–Trinajstić information content (AvgIpc) is 2.65. The molecular formula is C9H16N2O2S. The van der Waals surface area contributed by atoms with E-state index in [1.807, 2.05) is 0 Å². The predicted molar refractivity (Wildman–Crippen MR) is 56.3 cm³/mol. The Bertz CT molecular complexity index is 212. The van der Waals surface area contributed by atoms with Crippen LogP contribution in [-0.2, 0) is 4.79 Å². The van der Waals surface area contributed by atoms with E-state index < -0.39 is 0 Å². The van der Waals surface area contributed by atoms with Crippen LogP contribution >= 0.6 is 11.8 Å². The first-order valence-corrected chi connectivity index (χ1v) is 6.11. The van der Waals surface area contributed by atoms with Gasteiger partial charge in [-0.2, -0.15) is 0 Å². The lowest BCUT2D eigenvalue weighted by molar-refractivity contribution is -0.129. The van der Waals surface area contributed by atoms with Gasteiger partial charge in [0.2, 0.25) is 5.91 Å². The highest BCUT2D eigenvalue weighted by Crippen LogP contribution is 2.19. The third-order valence-electron chi connectivity index (χ3n) is 2.68. The number of aliphatic hydroxyl groups excluding tert-OH is 1. The van der Waals surface area contributed by atoms with Gasteiger partial charge < -0.3 is 15.3 Å². The van der Waals surface area contributed by atoms with E-state index in [4.69, 9.17) is 0 Å². The van der Waals surface area contributed by atoms with E-state index >= 15 is 0 Å². The fraction of sp³-hybridized carbons (Fsp3) is 0.889. The minimum Gasteiger partial charge on any atom is -0.391 e. The van der Waals surface area contributed by atoms with Crippen molar-refractivity contribution in [2.75, 3.05) is 31.9 Å². The molecule has 2 heterocycles. The Labute approximate surface area is 88.0 Å². The Hall–Kier alpha value is -0.260. The first-order chi connectivity index (χ1) is 6.77. The predicted octanol–water partition coefficient (Wildman–Crippen LogP) is -0.715. The molecule has 0 aliphatic carbocycles. The molecule has 2 aliphatic rings. The summed E-state index contributed by atoms with van der Waals surface area (Å²) in [6.07, 6.45) is 0.428. The highest BCUT2D eigenvalue weighted by Gasteiger charge is 2.30. The SMILES string of the molecule is O=C(C1CNCCS1)N1CC[C@@H](O)C1. The molecule has 0 radical (unpaired) electrons. The summed E-state index contributed by atoms with van der Waals surface area (Å²) in [4.78, 5) is 13.7. The Balaban J connectivity index is 1.87. The Morgan fingerprint density at radius 3 is 3.00 bits per heavy atom. The smallest absolute Gasteiger partial charge is 0.237 e. The minimum absolute atomic E-state index is 0.0639. The Kier molecular flexibility index (Phi) is 3.30. The fourth-order valence-corrected chi connectivity index (χ4v) is 2.94. The monoisotopic (exact) mass is 216 g/mol. The Morgan fingerprint density at radius 2 is 2.43 bits per heavy atom. The second-order valence-corrected chi connectivity index (χ2v) is 5.10. The lowest BCUT2D eigenvalue weighted by Crippen LogP contribution is -2.44. The van der Waals surface area contributed by atoms with Gasteiger partial charge in [-0.1, -0.05) is 0 Å². The van der Waals surface area contributed by atoms with E-state index in [-0.39, 0.29) is 17.3 Å². The van der Waals surface area contributed by atoms with E-state index in [9.17, 15) is 9.90 Å². The van der Waals surface area contributed by atoms with Crippen molar-refractivity contribution < 1.29 is 9.90 Å². The molecule has 0 aromatic rings. The standard InChI is InChI=1S/C9H16N2O2S/c12-7-1-3-11(6-7)9(13)8-5-10-2-4-14-8/h7-8,10,12H,1-6H2/t7-,8?/m1/s1. The van der Waals surface area contributed by atoms with Crippen LogP contribution in [-0.4, -0.2) is 59.2 Å². The van der Waals surface area contributed by atoms with Crippen molar-refractivity contribution in [3.63, 3.8) is 0 Å². The number of rotatable bonds is 1. The number of thioether (sulfide) groups is 1. The fourth-order valence-electron chi connectivity index (χ4n) is 1.87. The van der Waals surface area contributed by atoms with Gasteiger partial charge in [0.1, 0.15) is 0 Å². The van der Waals surface area contributed by atoms with Gasteiger partial charge in [0, 0.05) is 31.9 Å². The Morgan fingerprint density at radius 1 is 1.57 bits per heavy atom. The lowest BCUT2D eigenvalue weighted by atomic mass is 10.3. The van der Waals surface area contributed by atoms with Crippen LogP contribution in [0.1, 0.15) is 6.42 Å². The largest absolute Gasteiger partial charge is 0.391 e. The molecule has 2 saturated heterocycles. The van der Waals surface area contributed by atoms with E-state index in [0.29, 0.717) is 6.54 Å². The third-order valence-corrected chi connectivity index (χ3v) is 3.89. The average molecular weight is 216 g/mol. The van der Waals surface area contributed by atoms with Gasteiger partial charge >= 0.3 is 0 Å². The van der Waals surface area contributed by atoms with Gasteiger partial charge in [-0.05, 0) is 6.42 Å². The third kappa shape index (κ3) is 2.21. The lowest BCUT2D eigenvalue weighted by Gasteiger charge is -2.26. The van der Waals surface area contributed by atoms with Crippen molar-refractivity contribution in [1.82, 2.24) is 10.2 Å². The van der Waals surface area contributed by atoms with E-state index in [1.165, 1.54) is 0 Å². The topological polar surface area (TPSA) is 52.6 Å². The van der Waals surface area contributed by atoms with Crippen molar-refractivity contribution in [3.8, 4) is 0 Å². The van der Waals surface area contributed by atoms with Crippen molar-refractivity contribution >= 4 is 17.7 Å². The van der Waals surface area contributed by atoms with Gasteiger partial charge in [-0.3, -0.25) is 4.79 Å². The molecule has 0 aromatic heterocycles. The summed E-state index contributed by atoms with van der Waals surface area (Å²) in [6.45, 7) is 3.01. The van der Waals surface area contributed by atoms with E-state index in [1.54, 1.807) is 16.7 Å². The maximum atomic E-state index is 11.9. The molecule has 80 valence electrons. The number of likely N-dealkylation sites (tertiary alicyclic amines) is 1. The van der Waals surface area contributed by atoms with Gasteiger partial charge in [0.25, 0.3) is 0 Å². The summed E-state index contributed by atoms with van der Waals surface area (Å²) in [7, 11) is 0. The highest BCUT2D eigenvalue weighted by molar-refractivity contribution is 8.00. The maximum absolute atomic E-state index is 11.9. The molecule has 4 nitrogen and oxygen atoms in total. The molecule has 2 N–H and O–H groups in total.